The molecule has 1 N–H and O–H groups in total. The molecular formula is C22H31N5O5. The van der Waals surface area contributed by atoms with Gasteiger partial charge in [-0.05, 0) is 32.6 Å². The fourth-order valence-corrected chi connectivity index (χ4v) is 5.56. The fraction of sp³-hybridized carbons (Fsp3) is 0.727. The number of hydrogen-bond donors (Lipinski definition) is 1. The van der Waals surface area contributed by atoms with E-state index < -0.39 is 23.4 Å². The van der Waals surface area contributed by atoms with Crippen LogP contribution in [0, 0.1) is 17.3 Å². The number of hydrogen-bond acceptors (Lipinski definition) is 7. The number of aryl methyl sites for hydroxylation is 1. The standard InChI is InChI=1S/C22H31N5O5/c1-14(28)16(20(31)26-8-3-4-9-26)10-15(29)11-27-12-22(21(27)32)7-5-6-17(22)18(30)19-23-13-24-25(19)2/h13-14,16-17,28H,3-12H2,1-2H3/t14-,16+,17?,22?/m1/s1. The number of likely N-dealkylation sites (tertiary alicyclic amines) is 2. The van der Waals surface area contributed by atoms with E-state index in [2.05, 4.69) is 10.1 Å². The van der Waals surface area contributed by atoms with Gasteiger partial charge in [-0.3, -0.25) is 19.2 Å². The quantitative estimate of drug-likeness (QED) is 0.448. The predicted octanol–water partition coefficient (Wildman–Crippen LogP) is 0.205. The zero-order valence-electron chi connectivity index (χ0n) is 18.7. The first-order chi connectivity index (χ1) is 15.2. The molecule has 1 aromatic heterocycles. The summed E-state index contributed by atoms with van der Waals surface area (Å²) in [6.45, 7) is 3.10. The molecule has 1 spiro atoms. The van der Waals surface area contributed by atoms with Crippen LogP contribution in [0.15, 0.2) is 6.33 Å². The minimum atomic E-state index is -0.936. The molecule has 3 aliphatic rings. The Morgan fingerprint density at radius 1 is 1.25 bits per heavy atom. The van der Waals surface area contributed by atoms with E-state index in [1.807, 2.05) is 0 Å². The smallest absolute Gasteiger partial charge is 0.231 e. The third-order valence-corrected chi connectivity index (χ3v) is 7.35. The molecule has 4 rings (SSSR count). The Morgan fingerprint density at radius 2 is 1.97 bits per heavy atom. The van der Waals surface area contributed by atoms with Crippen LogP contribution in [0.4, 0.5) is 0 Å². The maximum absolute atomic E-state index is 13.1. The van der Waals surface area contributed by atoms with E-state index in [9.17, 15) is 24.3 Å². The highest BCUT2D eigenvalue weighted by Crippen LogP contribution is 2.51. The number of aromatic nitrogens is 3. The number of carbonyl (C=O) groups is 4. The highest BCUT2D eigenvalue weighted by Gasteiger charge is 2.61. The summed E-state index contributed by atoms with van der Waals surface area (Å²) in [6, 6.07) is 0. The van der Waals surface area contributed by atoms with E-state index in [1.165, 1.54) is 22.8 Å². The van der Waals surface area contributed by atoms with Crippen molar-refractivity contribution in [1.29, 1.82) is 0 Å². The van der Waals surface area contributed by atoms with Crippen LogP contribution in [0.25, 0.3) is 0 Å². The molecule has 2 aliphatic heterocycles. The minimum Gasteiger partial charge on any atom is -0.393 e. The van der Waals surface area contributed by atoms with Crippen molar-refractivity contribution in [3.05, 3.63) is 12.2 Å². The molecule has 32 heavy (non-hydrogen) atoms. The Morgan fingerprint density at radius 3 is 2.56 bits per heavy atom. The highest BCUT2D eigenvalue weighted by molar-refractivity contribution is 6.03. The van der Waals surface area contributed by atoms with Crippen LogP contribution >= 0.6 is 0 Å². The fourth-order valence-electron chi connectivity index (χ4n) is 5.56. The van der Waals surface area contributed by atoms with Crippen molar-refractivity contribution in [2.45, 2.75) is 51.6 Å². The number of carbonyl (C=O) groups excluding carboxylic acids is 4. The summed E-state index contributed by atoms with van der Waals surface area (Å²) >= 11 is 0. The topological polar surface area (TPSA) is 126 Å². The molecule has 1 aromatic rings. The van der Waals surface area contributed by atoms with Gasteiger partial charge in [0, 0.05) is 39.0 Å². The molecule has 0 bridgehead atoms. The van der Waals surface area contributed by atoms with Gasteiger partial charge in [-0.1, -0.05) is 6.42 Å². The summed E-state index contributed by atoms with van der Waals surface area (Å²) in [5, 5.41) is 14.0. The SMILES string of the molecule is C[C@@H](O)[C@H](CC(=O)CN1CC2(CCCC2C(=O)c2ncnn2C)C1=O)C(=O)N1CCCC1. The monoisotopic (exact) mass is 445 g/mol. The van der Waals surface area contributed by atoms with Crippen LogP contribution in [0.1, 0.15) is 56.1 Å². The molecular weight excluding hydrogens is 414 g/mol. The Balaban J connectivity index is 1.37. The minimum absolute atomic E-state index is 0.0922. The summed E-state index contributed by atoms with van der Waals surface area (Å²) in [4.78, 5) is 58.7. The highest BCUT2D eigenvalue weighted by atomic mass is 16.3. The summed E-state index contributed by atoms with van der Waals surface area (Å²) in [6.07, 6.45) is 4.18. The molecule has 1 aliphatic carbocycles. The van der Waals surface area contributed by atoms with Gasteiger partial charge in [-0.25, -0.2) is 9.67 Å². The van der Waals surface area contributed by atoms with Crippen molar-refractivity contribution in [3.8, 4) is 0 Å². The van der Waals surface area contributed by atoms with Crippen molar-refractivity contribution >= 4 is 23.4 Å². The van der Waals surface area contributed by atoms with Crippen LogP contribution in [0.3, 0.4) is 0 Å². The second kappa shape index (κ2) is 8.73. The lowest BCUT2D eigenvalue weighted by Gasteiger charge is -2.49. The Hall–Kier alpha value is -2.62. The van der Waals surface area contributed by atoms with Crippen molar-refractivity contribution in [2.24, 2.45) is 24.3 Å². The lowest BCUT2D eigenvalue weighted by molar-refractivity contribution is -0.164. The van der Waals surface area contributed by atoms with Crippen LogP contribution in [-0.4, -0.2) is 85.3 Å². The summed E-state index contributed by atoms with van der Waals surface area (Å²) in [7, 11) is 1.65. The largest absolute Gasteiger partial charge is 0.393 e. The molecule has 0 aromatic carbocycles. The number of aliphatic hydroxyl groups is 1. The number of nitrogens with zero attached hydrogens (tertiary/aromatic N) is 5. The van der Waals surface area contributed by atoms with E-state index in [1.54, 1.807) is 11.9 Å². The van der Waals surface area contributed by atoms with E-state index in [0.29, 0.717) is 32.5 Å². The van der Waals surface area contributed by atoms with Gasteiger partial charge in [0.15, 0.2) is 11.6 Å². The Kier molecular flexibility index (Phi) is 6.15. The van der Waals surface area contributed by atoms with E-state index >= 15 is 0 Å². The zero-order valence-corrected chi connectivity index (χ0v) is 18.7. The molecule has 4 atom stereocenters. The average molecular weight is 446 g/mol. The van der Waals surface area contributed by atoms with Gasteiger partial charge in [-0.15, -0.1) is 0 Å². The van der Waals surface area contributed by atoms with Crippen LogP contribution in [0.5, 0.6) is 0 Å². The summed E-state index contributed by atoms with van der Waals surface area (Å²) in [5.41, 5.74) is -0.766. The predicted molar refractivity (Wildman–Crippen MR) is 112 cm³/mol. The van der Waals surface area contributed by atoms with Crippen LogP contribution < -0.4 is 0 Å². The van der Waals surface area contributed by atoms with Gasteiger partial charge in [0.25, 0.3) is 0 Å². The first-order valence-corrected chi connectivity index (χ1v) is 11.4. The van der Waals surface area contributed by atoms with Gasteiger partial charge >= 0.3 is 0 Å². The van der Waals surface area contributed by atoms with E-state index in [0.717, 1.165) is 19.3 Å². The van der Waals surface area contributed by atoms with Gasteiger partial charge in [0.1, 0.15) is 6.33 Å². The zero-order chi connectivity index (χ0) is 23.0. The molecule has 3 heterocycles. The molecule has 1 saturated carbocycles. The first-order valence-electron chi connectivity index (χ1n) is 11.4. The lowest BCUT2D eigenvalue weighted by Crippen LogP contribution is -2.65. The third-order valence-electron chi connectivity index (χ3n) is 7.35. The lowest BCUT2D eigenvalue weighted by atomic mass is 9.68. The van der Waals surface area contributed by atoms with Crippen molar-refractivity contribution in [2.75, 3.05) is 26.2 Å². The number of β-lactam (4-membered cyclic amide) rings is 1. The van der Waals surface area contributed by atoms with E-state index in [-0.39, 0.29) is 42.2 Å². The summed E-state index contributed by atoms with van der Waals surface area (Å²) < 4.78 is 1.42. The molecule has 0 radical (unpaired) electrons. The molecule has 2 unspecified atom stereocenters. The normalized spacial score (nSPS) is 27.0. The second-order valence-electron chi connectivity index (χ2n) is 9.46. The molecule has 2 amide bonds. The van der Waals surface area contributed by atoms with E-state index in [4.69, 9.17) is 0 Å². The third kappa shape index (κ3) is 3.85. The average Bonchev–Trinajstić information content (AvgIpc) is 3.51. The van der Waals surface area contributed by atoms with Gasteiger partial charge < -0.3 is 14.9 Å². The number of Topliss-reactive ketones (excluding diaryl/α,β-unsaturated/α-hetero) is 2. The van der Waals surface area contributed by atoms with Crippen molar-refractivity contribution in [3.63, 3.8) is 0 Å². The van der Waals surface area contributed by atoms with Gasteiger partial charge in [-0.2, -0.15) is 5.10 Å². The molecule has 3 fully saturated rings. The maximum atomic E-state index is 13.1. The molecule has 2 saturated heterocycles. The first kappa shape index (κ1) is 22.6. The Labute approximate surface area is 186 Å². The Bertz CT molecular complexity index is 922. The molecule has 10 nitrogen and oxygen atoms in total. The number of rotatable bonds is 8. The summed E-state index contributed by atoms with van der Waals surface area (Å²) in [5.74, 6) is -1.79. The van der Waals surface area contributed by atoms with Gasteiger partial charge in [0.2, 0.25) is 17.6 Å². The van der Waals surface area contributed by atoms with Crippen molar-refractivity contribution < 1.29 is 24.3 Å². The number of aliphatic hydroxyl groups excluding tert-OH is 1. The van der Waals surface area contributed by atoms with Crippen LogP contribution in [0.2, 0.25) is 0 Å². The second-order valence-corrected chi connectivity index (χ2v) is 9.46. The number of amides is 2. The molecule has 10 heteroatoms. The van der Waals surface area contributed by atoms with Gasteiger partial charge in [0.05, 0.1) is 24.0 Å². The van der Waals surface area contributed by atoms with Crippen LogP contribution in [-0.2, 0) is 21.4 Å². The van der Waals surface area contributed by atoms with Crippen molar-refractivity contribution in [1.82, 2.24) is 24.6 Å². The number of ketones is 2. The maximum Gasteiger partial charge on any atom is 0.231 e. The molecule has 174 valence electrons.